The largest absolute Gasteiger partial charge is 0.497 e. The van der Waals surface area contributed by atoms with Gasteiger partial charge in [-0.15, -0.1) is 0 Å². The number of rotatable bonds is 7. The Morgan fingerprint density at radius 3 is 2.56 bits per heavy atom. The second-order valence-corrected chi connectivity index (χ2v) is 7.15. The number of nitrogens with zero attached hydrogens (tertiary/aromatic N) is 2. The Bertz CT molecular complexity index is 763. The Morgan fingerprint density at radius 2 is 1.96 bits per heavy atom. The van der Waals surface area contributed by atoms with E-state index >= 15 is 0 Å². The molecule has 0 atom stereocenters. The molecular weight excluding hydrogens is 344 g/mol. The fraction of sp³-hybridized carbons (Fsp3) is 0.500. The van der Waals surface area contributed by atoms with Crippen molar-refractivity contribution in [1.82, 2.24) is 15.6 Å². The van der Waals surface area contributed by atoms with E-state index in [1.54, 1.807) is 27.5 Å². The summed E-state index contributed by atoms with van der Waals surface area (Å²) in [5, 5.41) is 6.50. The lowest BCUT2D eigenvalue weighted by molar-refractivity contribution is 0.379. The van der Waals surface area contributed by atoms with E-state index in [2.05, 4.69) is 41.4 Å². The molecule has 0 amide bonds. The van der Waals surface area contributed by atoms with Gasteiger partial charge in [-0.1, -0.05) is 20.8 Å². The van der Waals surface area contributed by atoms with Crippen molar-refractivity contribution in [2.75, 3.05) is 27.8 Å². The van der Waals surface area contributed by atoms with Crippen LogP contribution in [0.1, 0.15) is 38.0 Å². The van der Waals surface area contributed by atoms with Crippen LogP contribution in [0.15, 0.2) is 33.8 Å². The molecule has 7 heteroatoms. The Hall–Kier alpha value is -2.70. The fourth-order valence-electron chi connectivity index (χ4n) is 2.51. The van der Waals surface area contributed by atoms with Gasteiger partial charge in [-0.25, -0.2) is 4.98 Å². The third kappa shape index (κ3) is 5.91. The van der Waals surface area contributed by atoms with Crippen molar-refractivity contribution in [1.29, 1.82) is 0 Å². The van der Waals surface area contributed by atoms with E-state index in [-0.39, 0.29) is 5.41 Å². The van der Waals surface area contributed by atoms with Gasteiger partial charge in [-0.05, 0) is 30.2 Å². The molecule has 27 heavy (non-hydrogen) atoms. The predicted molar refractivity (Wildman–Crippen MR) is 107 cm³/mol. The van der Waals surface area contributed by atoms with E-state index in [1.165, 1.54) is 0 Å². The second-order valence-electron chi connectivity index (χ2n) is 7.15. The molecular formula is C20H30N4O3. The minimum Gasteiger partial charge on any atom is -0.497 e. The SMILES string of the molecule is CN=C(NCCc1cc(OC)ccc1OC)NCc1ncc(C(C)(C)C)o1. The zero-order chi connectivity index (χ0) is 19.9. The van der Waals surface area contributed by atoms with Crippen LogP contribution in [0.2, 0.25) is 0 Å². The lowest BCUT2D eigenvalue weighted by Crippen LogP contribution is -2.38. The molecule has 2 aromatic rings. The topological polar surface area (TPSA) is 80.9 Å². The van der Waals surface area contributed by atoms with Crippen LogP contribution >= 0.6 is 0 Å². The van der Waals surface area contributed by atoms with Crippen LogP contribution < -0.4 is 20.1 Å². The maximum Gasteiger partial charge on any atom is 0.213 e. The molecule has 1 aromatic heterocycles. The average Bonchev–Trinajstić information content (AvgIpc) is 3.13. The number of ether oxygens (including phenoxy) is 2. The molecule has 0 fully saturated rings. The van der Waals surface area contributed by atoms with Crippen molar-refractivity contribution in [3.63, 3.8) is 0 Å². The Balaban J connectivity index is 1.87. The molecule has 0 aliphatic carbocycles. The van der Waals surface area contributed by atoms with Gasteiger partial charge >= 0.3 is 0 Å². The van der Waals surface area contributed by atoms with Crippen LogP contribution in [0.3, 0.4) is 0 Å². The quantitative estimate of drug-likeness (QED) is 0.573. The molecule has 0 saturated heterocycles. The summed E-state index contributed by atoms with van der Waals surface area (Å²) < 4.78 is 16.5. The van der Waals surface area contributed by atoms with Crippen LogP contribution in [-0.2, 0) is 18.4 Å². The minimum absolute atomic E-state index is 0.0546. The minimum atomic E-state index is -0.0546. The van der Waals surface area contributed by atoms with E-state index < -0.39 is 0 Å². The summed E-state index contributed by atoms with van der Waals surface area (Å²) in [6, 6.07) is 5.78. The van der Waals surface area contributed by atoms with Crippen LogP contribution in [0.4, 0.5) is 0 Å². The van der Waals surface area contributed by atoms with Crippen LogP contribution in [0.5, 0.6) is 11.5 Å². The first-order valence-corrected chi connectivity index (χ1v) is 8.98. The first-order chi connectivity index (χ1) is 12.9. The molecule has 2 rings (SSSR count). The van der Waals surface area contributed by atoms with E-state index in [0.717, 1.165) is 29.2 Å². The summed E-state index contributed by atoms with van der Waals surface area (Å²) in [4.78, 5) is 8.55. The number of hydrogen-bond donors (Lipinski definition) is 2. The Morgan fingerprint density at radius 1 is 1.19 bits per heavy atom. The molecule has 1 aromatic carbocycles. The smallest absolute Gasteiger partial charge is 0.213 e. The Kier molecular flexibility index (Phi) is 7.10. The highest BCUT2D eigenvalue weighted by molar-refractivity contribution is 5.79. The molecule has 7 nitrogen and oxygen atoms in total. The number of guanidine groups is 1. The van der Waals surface area contributed by atoms with Crippen LogP contribution in [0.25, 0.3) is 0 Å². The predicted octanol–water partition coefficient (Wildman–Crippen LogP) is 2.90. The third-order valence-corrected chi connectivity index (χ3v) is 4.10. The summed E-state index contributed by atoms with van der Waals surface area (Å²) in [6.45, 7) is 7.45. The van der Waals surface area contributed by atoms with Gasteiger partial charge < -0.3 is 24.5 Å². The number of benzene rings is 1. The second kappa shape index (κ2) is 9.30. The maximum absolute atomic E-state index is 5.79. The van der Waals surface area contributed by atoms with Crippen LogP contribution in [-0.4, -0.2) is 38.8 Å². The maximum atomic E-state index is 5.79. The lowest BCUT2D eigenvalue weighted by atomic mass is 9.94. The molecule has 0 spiro atoms. The fourth-order valence-corrected chi connectivity index (χ4v) is 2.51. The van der Waals surface area contributed by atoms with Crippen molar-refractivity contribution in [3.05, 3.63) is 41.6 Å². The van der Waals surface area contributed by atoms with E-state index in [9.17, 15) is 0 Å². The first kappa shape index (κ1) is 20.6. The summed E-state index contributed by atoms with van der Waals surface area (Å²) in [7, 11) is 5.06. The molecule has 148 valence electrons. The molecule has 0 unspecified atom stereocenters. The first-order valence-electron chi connectivity index (χ1n) is 8.98. The van der Waals surface area contributed by atoms with Gasteiger partial charge in [0, 0.05) is 19.0 Å². The molecule has 1 heterocycles. The average molecular weight is 374 g/mol. The zero-order valence-corrected chi connectivity index (χ0v) is 17.0. The highest BCUT2D eigenvalue weighted by atomic mass is 16.5. The molecule has 2 N–H and O–H groups in total. The van der Waals surface area contributed by atoms with Gasteiger partial charge in [-0.3, -0.25) is 4.99 Å². The highest BCUT2D eigenvalue weighted by Crippen LogP contribution is 2.24. The monoisotopic (exact) mass is 374 g/mol. The van der Waals surface area contributed by atoms with Gasteiger partial charge in [0.15, 0.2) is 5.96 Å². The highest BCUT2D eigenvalue weighted by Gasteiger charge is 2.19. The number of oxazole rings is 1. The molecule has 0 aliphatic rings. The van der Waals surface area contributed by atoms with E-state index in [4.69, 9.17) is 13.9 Å². The summed E-state index contributed by atoms with van der Waals surface area (Å²) in [6.07, 6.45) is 2.55. The number of aromatic nitrogens is 1. The molecule has 0 aliphatic heterocycles. The van der Waals surface area contributed by atoms with Crippen molar-refractivity contribution < 1.29 is 13.9 Å². The van der Waals surface area contributed by atoms with Crippen molar-refractivity contribution >= 4 is 5.96 Å². The lowest BCUT2D eigenvalue weighted by Gasteiger charge is -2.14. The summed E-state index contributed by atoms with van der Waals surface area (Å²) in [5.74, 6) is 3.85. The number of hydrogen-bond acceptors (Lipinski definition) is 5. The number of nitrogens with one attached hydrogen (secondary N) is 2. The van der Waals surface area contributed by atoms with Crippen molar-refractivity contribution in [2.45, 2.75) is 39.2 Å². The zero-order valence-electron chi connectivity index (χ0n) is 17.0. The molecule has 0 saturated carbocycles. The Labute approximate surface area is 161 Å². The van der Waals surface area contributed by atoms with E-state index in [1.807, 2.05) is 18.2 Å². The third-order valence-electron chi connectivity index (χ3n) is 4.10. The van der Waals surface area contributed by atoms with Gasteiger partial charge in [0.2, 0.25) is 5.89 Å². The van der Waals surface area contributed by atoms with Gasteiger partial charge in [0.1, 0.15) is 17.3 Å². The molecule has 0 radical (unpaired) electrons. The van der Waals surface area contributed by atoms with Gasteiger partial charge in [0.05, 0.1) is 27.0 Å². The van der Waals surface area contributed by atoms with Crippen molar-refractivity contribution in [3.8, 4) is 11.5 Å². The van der Waals surface area contributed by atoms with Crippen LogP contribution in [0, 0.1) is 0 Å². The summed E-state index contributed by atoms with van der Waals surface area (Å²) >= 11 is 0. The standard InChI is InChI=1S/C20H30N4O3/c1-20(2,3)17-12-23-18(27-17)13-24-19(21-4)22-10-9-14-11-15(25-5)7-8-16(14)26-6/h7-8,11-12H,9-10,13H2,1-6H3,(H2,21,22,24). The molecule has 0 bridgehead atoms. The number of aliphatic imine (C=N–C) groups is 1. The van der Waals surface area contributed by atoms with Gasteiger partial charge in [-0.2, -0.15) is 0 Å². The number of methoxy groups -OCH3 is 2. The van der Waals surface area contributed by atoms with E-state index in [0.29, 0.717) is 24.9 Å². The summed E-state index contributed by atoms with van der Waals surface area (Å²) in [5.41, 5.74) is 1.02. The van der Waals surface area contributed by atoms with Crippen molar-refractivity contribution in [2.24, 2.45) is 4.99 Å². The normalized spacial score (nSPS) is 12.0. The van der Waals surface area contributed by atoms with Gasteiger partial charge in [0.25, 0.3) is 0 Å².